The summed E-state index contributed by atoms with van der Waals surface area (Å²) in [5.41, 5.74) is -3.56. The third-order valence-corrected chi connectivity index (χ3v) is 3.41. The lowest BCUT2D eigenvalue weighted by Crippen LogP contribution is -2.29. The van der Waals surface area contributed by atoms with Crippen LogP contribution in [-0.4, -0.2) is 29.7 Å². The fourth-order valence-corrected chi connectivity index (χ4v) is 2.04. The Balaban J connectivity index is 3.51. The highest BCUT2D eigenvalue weighted by Crippen LogP contribution is 2.42. The summed E-state index contributed by atoms with van der Waals surface area (Å²) in [6, 6.07) is 1.04. The Labute approximate surface area is 149 Å². The summed E-state index contributed by atoms with van der Waals surface area (Å²) in [7, 11) is 1.43. The summed E-state index contributed by atoms with van der Waals surface area (Å²) in [4.78, 5) is 23.5. The topological polar surface area (TPSA) is 84.7 Å². The summed E-state index contributed by atoms with van der Waals surface area (Å²) in [6.07, 6.45) is -5.80. The highest BCUT2D eigenvalue weighted by Gasteiger charge is 2.38. The van der Waals surface area contributed by atoms with Crippen molar-refractivity contribution in [3.63, 3.8) is 0 Å². The van der Waals surface area contributed by atoms with Crippen LogP contribution in [0.2, 0.25) is 0 Å². The van der Waals surface area contributed by atoms with Gasteiger partial charge in [0.2, 0.25) is 0 Å². The van der Waals surface area contributed by atoms with Gasteiger partial charge in [-0.2, -0.15) is 13.2 Å². The van der Waals surface area contributed by atoms with E-state index in [1.54, 1.807) is 34.6 Å². The van der Waals surface area contributed by atoms with E-state index in [2.05, 4.69) is 5.32 Å². The molecule has 0 atom stereocenters. The molecule has 1 amide bonds. The maximum atomic E-state index is 13.4. The molecule has 0 heterocycles. The molecule has 10 heteroatoms. The summed E-state index contributed by atoms with van der Waals surface area (Å²) in [5.74, 6) is 0. The van der Waals surface area contributed by atoms with Crippen LogP contribution in [0.4, 0.5) is 35.0 Å². The standard InChI is InChI=1S/C16H22F3N3O4/c1-9(2)21(6)12-8-11(20-14(23)26-15(3,4)5)13(22(24)25)7-10(12)16(17,18)19/h7-9H,1-6H3,(H,20,23). The number of benzene rings is 1. The number of nitro groups is 1. The number of nitrogens with zero attached hydrogens (tertiary/aromatic N) is 2. The van der Waals surface area contributed by atoms with Crippen molar-refractivity contribution >= 4 is 23.2 Å². The van der Waals surface area contributed by atoms with Crippen LogP contribution in [-0.2, 0) is 10.9 Å². The lowest BCUT2D eigenvalue weighted by Gasteiger charge is -2.28. The van der Waals surface area contributed by atoms with Gasteiger partial charge in [-0.3, -0.25) is 15.4 Å². The number of amides is 1. The summed E-state index contributed by atoms with van der Waals surface area (Å²) in [5, 5.41) is 13.4. The molecule has 0 saturated carbocycles. The van der Waals surface area contributed by atoms with Gasteiger partial charge < -0.3 is 9.64 Å². The normalized spacial score (nSPS) is 12.1. The number of nitrogens with one attached hydrogen (secondary N) is 1. The summed E-state index contributed by atoms with van der Waals surface area (Å²) >= 11 is 0. The maximum Gasteiger partial charge on any atom is 0.418 e. The predicted molar refractivity (Wildman–Crippen MR) is 91.5 cm³/mol. The fraction of sp³-hybridized carbons (Fsp3) is 0.562. The van der Waals surface area contributed by atoms with E-state index >= 15 is 0 Å². The Hall–Kier alpha value is -2.52. The molecule has 0 radical (unpaired) electrons. The zero-order chi connectivity index (χ0) is 20.4. The number of hydrogen-bond acceptors (Lipinski definition) is 5. The minimum absolute atomic E-state index is 0.288. The van der Waals surface area contributed by atoms with E-state index in [0.717, 1.165) is 6.07 Å². The van der Waals surface area contributed by atoms with Crippen LogP contribution in [0.3, 0.4) is 0 Å². The predicted octanol–water partition coefficient (Wildman–Crippen LogP) is 4.81. The van der Waals surface area contributed by atoms with Gasteiger partial charge in [-0.25, -0.2) is 4.79 Å². The molecule has 0 unspecified atom stereocenters. The average molecular weight is 377 g/mol. The molecule has 1 aromatic rings. The van der Waals surface area contributed by atoms with Crippen LogP contribution < -0.4 is 10.2 Å². The maximum absolute atomic E-state index is 13.4. The smallest absolute Gasteiger partial charge is 0.418 e. The van der Waals surface area contributed by atoms with Gasteiger partial charge in [-0.05, 0) is 40.7 Å². The van der Waals surface area contributed by atoms with Crippen LogP contribution in [0.1, 0.15) is 40.2 Å². The number of anilines is 2. The van der Waals surface area contributed by atoms with Gasteiger partial charge in [-0.1, -0.05) is 0 Å². The van der Waals surface area contributed by atoms with Gasteiger partial charge in [0, 0.05) is 19.2 Å². The zero-order valence-electron chi connectivity index (χ0n) is 15.4. The Morgan fingerprint density at radius 3 is 2.19 bits per heavy atom. The highest BCUT2D eigenvalue weighted by atomic mass is 19.4. The van der Waals surface area contributed by atoms with Crippen molar-refractivity contribution in [2.75, 3.05) is 17.3 Å². The van der Waals surface area contributed by atoms with E-state index in [-0.39, 0.29) is 17.4 Å². The van der Waals surface area contributed by atoms with Crippen LogP contribution in [0.25, 0.3) is 0 Å². The van der Waals surface area contributed by atoms with Crippen molar-refractivity contribution in [2.24, 2.45) is 0 Å². The van der Waals surface area contributed by atoms with Gasteiger partial charge in [0.1, 0.15) is 11.3 Å². The molecule has 0 fully saturated rings. The first-order valence-electron chi connectivity index (χ1n) is 7.76. The Morgan fingerprint density at radius 2 is 1.81 bits per heavy atom. The first kappa shape index (κ1) is 21.5. The van der Waals surface area contributed by atoms with Gasteiger partial charge in [0.15, 0.2) is 0 Å². The van der Waals surface area contributed by atoms with Crippen molar-refractivity contribution < 1.29 is 27.6 Å². The number of carbonyl (C=O) groups excluding carboxylic acids is 1. The minimum Gasteiger partial charge on any atom is -0.444 e. The number of ether oxygens (including phenoxy) is 1. The number of halogens is 3. The molecule has 7 nitrogen and oxygen atoms in total. The van der Waals surface area contributed by atoms with E-state index in [1.165, 1.54) is 11.9 Å². The molecule has 0 aliphatic rings. The van der Waals surface area contributed by atoms with Gasteiger partial charge in [0.05, 0.1) is 16.2 Å². The fourth-order valence-electron chi connectivity index (χ4n) is 2.04. The molecule has 0 aliphatic carbocycles. The SMILES string of the molecule is CC(C)N(C)c1cc(NC(=O)OC(C)(C)C)c([N+](=O)[O-])cc1C(F)(F)F. The quantitative estimate of drug-likeness (QED) is 0.601. The number of carbonyl (C=O) groups is 1. The van der Waals surface area contributed by atoms with E-state index in [0.29, 0.717) is 6.07 Å². The van der Waals surface area contributed by atoms with Gasteiger partial charge in [0.25, 0.3) is 5.69 Å². The lowest BCUT2D eigenvalue weighted by atomic mass is 10.1. The average Bonchev–Trinajstić information content (AvgIpc) is 2.42. The first-order chi connectivity index (χ1) is 11.6. The minimum atomic E-state index is -4.80. The molecular weight excluding hydrogens is 355 g/mol. The molecule has 26 heavy (non-hydrogen) atoms. The molecule has 0 bridgehead atoms. The molecule has 0 aromatic heterocycles. The summed E-state index contributed by atoms with van der Waals surface area (Å²) in [6.45, 7) is 8.11. The molecule has 1 rings (SSSR count). The lowest BCUT2D eigenvalue weighted by molar-refractivity contribution is -0.384. The largest absolute Gasteiger partial charge is 0.444 e. The molecule has 146 valence electrons. The Kier molecular flexibility index (Phi) is 6.11. The van der Waals surface area contributed by atoms with E-state index < -0.39 is 34.0 Å². The molecular formula is C16H22F3N3O4. The van der Waals surface area contributed by atoms with Crippen molar-refractivity contribution in [2.45, 2.75) is 52.4 Å². The summed E-state index contributed by atoms with van der Waals surface area (Å²) < 4.78 is 45.1. The molecule has 1 N–H and O–H groups in total. The second kappa shape index (κ2) is 7.38. The number of hydrogen-bond donors (Lipinski definition) is 1. The molecule has 1 aromatic carbocycles. The van der Waals surface area contributed by atoms with Crippen molar-refractivity contribution in [3.8, 4) is 0 Å². The monoisotopic (exact) mass is 377 g/mol. The van der Waals surface area contributed by atoms with E-state index in [9.17, 15) is 28.1 Å². The number of nitro benzene ring substituents is 1. The van der Waals surface area contributed by atoms with Crippen LogP contribution in [0.15, 0.2) is 12.1 Å². The van der Waals surface area contributed by atoms with Gasteiger partial charge >= 0.3 is 12.3 Å². The molecule has 0 aliphatic heterocycles. The van der Waals surface area contributed by atoms with E-state index in [1.807, 2.05) is 0 Å². The first-order valence-corrected chi connectivity index (χ1v) is 7.76. The second-order valence-electron chi connectivity index (χ2n) is 6.97. The third kappa shape index (κ3) is 5.50. The Morgan fingerprint density at radius 1 is 1.27 bits per heavy atom. The number of rotatable bonds is 4. The van der Waals surface area contributed by atoms with Crippen molar-refractivity contribution in [3.05, 3.63) is 27.8 Å². The third-order valence-electron chi connectivity index (χ3n) is 3.41. The Bertz CT molecular complexity index is 697. The second-order valence-corrected chi connectivity index (χ2v) is 6.97. The zero-order valence-corrected chi connectivity index (χ0v) is 15.4. The van der Waals surface area contributed by atoms with Gasteiger partial charge in [-0.15, -0.1) is 0 Å². The van der Waals surface area contributed by atoms with Crippen LogP contribution in [0, 0.1) is 10.1 Å². The van der Waals surface area contributed by atoms with E-state index in [4.69, 9.17) is 4.74 Å². The van der Waals surface area contributed by atoms with Crippen molar-refractivity contribution in [1.29, 1.82) is 0 Å². The number of alkyl halides is 3. The molecule has 0 saturated heterocycles. The van der Waals surface area contributed by atoms with Crippen LogP contribution in [0.5, 0.6) is 0 Å². The molecule has 0 spiro atoms. The van der Waals surface area contributed by atoms with Crippen molar-refractivity contribution in [1.82, 2.24) is 0 Å². The highest BCUT2D eigenvalue weighted by molar-refractivity contribution is 5.90. The van der Waals surface area contributed by atoms with Crippen LogP contribution >= 0.6 is 0 Å².